The van der Waals surface area contributed by atoms with Crippen LogP contribution in [0.5, 0.6) is 0 Å². The van der Waals surface area contributed by atoms with E-state index in [1.807, 2.05) is 18.2 Å². The molecule has 2 heteroatoms. The average molecular weight is 214 g/mol. The van der Waals surface area contributed by atoms with Crippen molar-refractivity contribution < 1.29 is 0 Å². The third-order valence-electron chi connectivity index (χ3n) is 2.79. The molecule has 0 aliphatic heterocycles. The monoisotopic (exact) mass is 214 g/mol. The summed E-state index contributed by atoms with van der Waals surface area (Å²) in [5, 5.41) is 0. The first-order chi connectivity index (χ1) is 7.72. The predicted molar refractivity (Wildman–Crippen MR) is 68.9 cm³/mol. The van der Waals surface area contributed by atoms with Crippen molar-refractivity contribution in [3.8, 4) is 5.69 Å². The number of aryl methyl sites for hydroxylation is 2. The molecule has 1 aromatic heterocycles. The maximum atomic E-state index is 5.83. The number of rotatable bonds is 3. The molecule has 0 amide bonds. The Morgan fingerprint density at radius 2 is 2.00 bits per heavy atom. The zero-order chi connectivity index (χ0) is 11.5. The van der Waals surface area contributed by atoms with Gasteiger partial charge in [-0.2, -0.15) is 0 Å². The van der Waals surface area contributed by atoms with Gasteiger partial charge in [-0.1, -0.05) is 19.4 Å². The van der Waals surface area contributed by atoms with Gasteiger partial charge in [-0.05, 0) is 43.7 Å². The van der Waals surface area contributed by atoms with Crippen LogP contribution in [0.15, 0.2) is 36.4 Å². The Morgan fingerprint density at radius 3 is 2.69 bits per heavy atom. The van der Waals surface area contributed by atoms with Gasteiger partial charge < -0.3 is 10.3 Å². The zero-order valence-corrected chi connectivity index (χ0v) is 9.90. The lowest BCUT2D eigenvalue weighted by atomic mass is 10.2. The van der Waals surface area contributed by atoms with Gasteiger partial charge in [0.25, 0.3) is 0 Å². The van der Waals surface area contributed by atoms with E-state index in [2.05, 4.69) is 36.6 Å². The van der Waals surface area contributed by atoms with E-state index in [0.717, 1.165) is 24.2 Å². The van der Waals surface area contributed by atoms with Crippen LogP contribution in [0.1, 0.15) is 24.7 Å². The highest BCUT2D eigenvalue weighted by molar-refractivity contribution is 5.49. The van der Waals surface area contributed by atoms with E-state index in [-0.39, 0.29) is 0 Å². The van der Waals surface area contributed by atoms with Crippen LogP contribution < -0.4 is 5.73 Å². The van der Waals surface area contributed by atoms with E-state index in [4.69, 9.17) is 5.73 Å². The second kappa shape index (κ2) is 4.44. The highest BCUT2D eigenvalue weighted by Crippen LogP contribution is 2.19. The van der Waals surface area contributed by atoms with E-state index in [9.17, 15) is 0 Å². The molecule has 84 valence electrons. The molecule has 0 saturated carbocycles. The van der Waals surface area contributed by atoms with Crippen LogP contribution >= 0.6 is 0 Å². The van der Waals surface area contributed by atoms with Crippen molar-refractivity contribution in [2.75, 3.05) is 5.73 Å². The van der Waals surface area contributed by atoms with E-state index in [1.54, 1.807) is 0 Å². The molecule has 1 heterocycles. The molecule has 0 unspecified atom stereocenters. The summed E-state index contributed by atoms with van der Waals surface area (Å²) < 4.78 is 2.28. The SMILES string of the molecule is CCCc1ccc(C)n1-c1cccc(N)c1. The van der Waals surface area contributed by atoms with Crippen molar-refractivity contribution in [1.29, 1.82) is 0 Å². The molecule has 2 aromatic rings. The predicted octanol–water partition coefficient (Wildman–Crippen LogP) is 3.32. The first-order valence-corrected chi connectivity index (χ1v) is 5.75. The van der Waals surface area contributed by atoms with Crippen LogP contribution in [0.2, 0.25) is 0 Å². The molecule has 16 heavy (non-hydrogen) atoms. The van der Waals surface area contributed by atoms with Gasteiger partial charge in [0.15, 0.2) is 0 Å². The third-order valence-corrected chi connectivity index (χ3v) is 2.79. The molecule has 1 aromatic carbocycles. The van der Waals surface area contributed by atoms with Crippen molar-refractivity contribution in [3.63, 3.8) is 0 Å². The maximum absolute atomic E-state index is 5.83. The van der Waals surface area contributed by atoms with Crippen LogP contribution in [0.25, 0.3) is 5.69 Å². The number of aromatic nitrogens is 1. The van der Waals surface area contributed by atoms with Gasteiger partial charge in [0.05, 0.1) is 0 Å². The number of hydrogen-bond acceptors (Lipinski definition) is 1. The summed E-state index contributed by atoms with van der Waals surface area (Å²) in [6, 6.07) is 12.4. The second-order valence-electron chi connectivity index (χ2n) is 4.15. The van der Waals surface area contributed by atoms with Crippen LogP contribution in [-0.4, -0.2) is 4.57 Å². The maximum Gasteiger partial charge on any atom is 0.0475 e. The molecule has 0 fully saturated rings. The smallest absolute Gasteiger partial charge is 0.0475 e. The van der Waals surface area contributed by atoms with Gasteiger partial charge in [-0.15, -0.1) is 0 Å². The summed E-state index contributed by atoms with van der Waals surface area (Å²) >= 11 is 0. The van der Waals surface area contributed by atoms with Crippen molar-refractivity contribution in [2.24, 2.45) is 0 Å². The van der Waals surface area contributed by atoms with Crippen LogP contribution in [-0.2, 0) is 6.42 Å². The highest BCUT2D eigenvalue weighted by Gasteiger charge is 2.06. The summed E-state index contributed by atoms with van der Waals surface area (Å²) in [7, 11) is 0. The number of hydrogen-bond donors (Lipinski definition) is 1. The van der Waals surface area contributed by atoms with Crippen molar-refractivity contribution in [2.45, 2.75) is 26.7 Å². The lowest BCUT2D eigenvalue weighted by Crippen LogP contribution is -2.02. The number of nitrogens with zero attached hydrogens (tertiary/aromatic N) is 1. The van der Waals surface area contributed by atoms with Crippen LogP contribution in [0.3, 0.4) is 0 Å². The summed E-state index contributed by atoms with van der Waals surface area (Å²) in [6.45, 7) is 4.33. The summed E-state index contributed by atoms with van der Waals surface area (Å²) in [5.41, 5.74) is 10.4. The minimum absolute atomic E-state index is 0.813. The minimum Gasteiger partial charge on any atom is -0.399 e. The van der Waals surface area contributed by atoms with Gasteiger partial charge in [0.1, 0.15) is 0 Å². The Bertz CT molecular complexity index is 483. The first kappa shape index (κ1) is 10.8. The lowest BCUT2D eigenvalue weighted by molar-refractivity contribution is 0.830. The third kappa shape index (κ3) is 1.96. The molecule has 0 bridgehead atoms. The molecule has 0 spiro atoms. The minimum atomic E-state index is 0.813. The topological polar surface area (TPSA) is 30.9 Å². The molecule has 0 aliphatic carbocycles. The Balaban J connectivity index is 2.50. The molecule has 2 rings (SSSR count). The Kier molecular flexibility index (Phi) is 3.00. The van der Waals surface area contributed by atoms with Gasteiger partial charge in [0, 0.05) is 22.8 Å². The normalized spacial score (nSPS) is 10.6. The number of benzene rings is 1. The van der Waals surface area contributed by atoms with Gasteiger partial charge in [0.2, 0.25) is 0 Å². The summed E-state index contributed by atoms with van der Waals surface area (Å²) in [5.74, 6) is 0. The molecule has 2 N–H and O–H groups in total. The van der Waals surface area contributed by atoms with E-state index in [1.165, 1.54) is 11.4 Å². The summed E-state index contributed by atoms with van der Waals surface area (Å²) in [4.78, 5) is 0. The Hall–Kier alpha value is -1.70. The van der Waals surface area contributed by atoms with E-state index >= 15 is 0 Å². The molecule has 0 saturated heterocycles. The van der Waals surface area contributed by atoms with Crippen LogP contribution in [0.4, 0.5) is 5.69 Å². The fourth-order valence-electron chi connectivity index (χ4n) is 2.08. The second-order valence-corrected chi connectivity index (χ2v) is 4.15. The highest BCUT2D eigenvalue weighted by atomic mass is 15.0. The summed E-state index contributed by atoms with van der Waals surface area (Å²) in [6.07, 6.45) is 2.26. The fraction of sp³-hybridized carbons (Fsp3) is 0.286. The van der Waals surface area contributed by atoms with Gasteiger partial charge >= 0.3 is 0 Å². The number of nitrogen functional groups attached to an aromatic ring is 1. The fourth-order valence-corrected chi connectivity index (χ4v) is 2.08. The number of anilines is 1. The Labute approximate surface area is 96.7 Å². The average Bonchev–Trinajstić information content (AvgIpc) is 2.60. The molecule has 0 radical (unpaired) electrons. The van der Waals surface area contributed by atoms with Crippen molar-refractivity contribution in [1.82, 2.24) is 4.57 Å². The Morgan fingerprint density at radius 1 is 1.19 bits per heavy atom. The van der Waals surface area contributed by atoms with E-state index in [0.29, 0.717) is 0 Å². The molecule has 0 aliphatic rings. The molecule has 2 nitrogen and oxygen atoms in total. The largest absolute Gasteiger partial charge is 0.399 e. The van der Waals surface area contributed by atoms with Gasteiger partial charge in [-0.25, -0.2) is 0 Å². The standard InChI is InChI=1S/C14H18N2/c1-3-5-13-9-8-11(2)16(13)14-7-4-6-12(15)10-14/h4,6-10H,3,5,15H2,1-2H3. The molecule has 0 atom stereocenters. The molecular formula is C14H18N2. The van der Waals surface area contributed by atoms with E-state index < -0.39 is 0 Å². The number of nitrogens with two attached hydrogens (primary N) is 1. The van der Waals surface area contributed by atoms with Crippen molar-refractivity contribution >= 4 is 5.69 Å². The van der Waals surface area contributed by atoms with Gasteiger partial charge in [-0.3, -0.25) is 0 Å². The van der Waals surface area contributed by atoms with Crippen LogP contribution in [0, 0.1) is 6.92 Å². The molecular weight excluding hydrogens is 196 g/mol. The zero-order valence-electron chi connectivity index (χ0n) is 9.90. The quantitative estimate of drug-likeness (QED) is 0.781. The lowest BCUT2D eigenvalue weighted by Gasteiger charge is -2.11. The first-order valence-electron chi connectivity index (χ1n) is 5.75. The van der Waals surface area contributed by atoms with Crippen molar-refractivity contribution in [3.05, 3.63) is 47.8 Å².